The minimum Gasteiger partial charge on any atom is -0.489 e. The molecule has 8 heteroatoms. The summed E-state index contributed by atoms with van der Waals surface area (Å²) in [5.74, 6) is 1.13. The maximum Gasteiger partial charge on any atom is 0.191 e. The number of halogens is 2. The predicted octanol–water partition coefficient (Wildman–Crippen LogP) is 4.08. The molecule has 1 unspecified atom stereocenters. The van der Waals surface area contributed by atoms with E-state index in [4.69, 9.17) is 4.74 Å². The van der Waals surface area contributed by atoms with Gasteiger partial charge in [0, 0.05) is 24.4 Å². The van der Waals surface area contributed by atoms with Crippen molar-refractivity contribution in [3.63, 3.8) is 0 Å². The van der Waals surface area contributed by atoms with Gasteiger partial charge in [0.2, 0.25) is 0 Å². The van der Waals surface area contributed by atoms with Crippen molar-refractivity contribution in [2.24, 2.45) is 4.99 Å². The van der Waals surface area contributed by atoms with E-state index in [2.05, 4.69) is 27.5 Å². The fourth-order valence-electron chi connectivity index (χ4n) is 2.28. The molecule has 2 N–H and O–H groups in total. The number of nitrogens with one attached hydrogen (secondary N) is 2. The number of nitrogens with zero attached hydrogens (tertiary/aromatic N) is 2. The number of hydrogen-bond donors (Lipinski definition) is 2. The molecular formula is C19H28FIN4OS. The molecule has 0 fully saturated rings. The number of hydrogen-bond acceptors (Lipinski definition) is 4. The van der Waals surface area contributed by atoms with Crippen LogP contribution in [0.4, 0.5) is 4.39 Å². The van der Waals surface area contributed by atoms with E-state index in [0.717, 1.165) is 36.2 Å². The quantitative estimate of drug-likeness (QED) is 0.322. The number of ether oxygens (including phenoxy) is 1. The van der Waals surface area contributed by atoms with E-state index in [1.807, 2.05) is 20.8 Å². The lowest BCUT2D eigenvalue weighted by Crippen LogP contribution is -2.39. The second-order valence-electron chi connectivity index (χ2n) is 6.03. The second kappa shape index (κ2) is 12.1. The normalized spacial score (nSPS) is 12.3. The molecule has 0 aliphatic rings. The van der Waals surface area contributed by atoms with Crippen LogP contribution in [0.2, 0.25) is 0 Å². The minimum atomic E-state index is -0.271. The van der Waals surface area contributed by atoms with Crippen LogP contribution in [0.3, 0.4) is 0 Å². The Morgan fingerprint density at radius 1 is 1.26 bits per heavy atom. The van der Waals surface area contributed by atoms with Crippen LogP contribution in [0, 0.1) is 19.7 Å². The molecule has 0 amide bonds. The number of guanidine groups is 1. The van der Waals surface area contributed by atoms with Crippen LogP contribution in [0.25, 0.3) is 0 Å². The van der Waals surface area contributed by atoms with Crippen LogP contribution < -0.4 is 15.4 Å². The average molecular weight is 506 g/mol. The molecule has 1 aromatic carbocycles. The molecule has 27 heavy (non-hydrogen) atoms. The smallest absolute Gasteiger partial charge is 0.191 e. The molecule has 2 rings (SSSR count). The van der Waals surface area contributed by atoms with Crippen LogP contribution in [-0.4, -0.2) is 36.7 Å². The van der Waals surface area contributed by atoms with E-state index in [1.165, 1.54) is 17.0 Å². The summed E-state index contributed by atoms with van der Waals surface area (Å²) in [6.45, 7) is 10.2. The third-order valence-electron chi connectivity index (χ3n) is 3.71. The Bertz CT molecular complexity index is 701. The van der Waals surface area contributed by atoms with Crippen molar-refractivity contribution < 1.29 is 9.13 Å². The highest BCUT2D eigenvalue weighted by molar-refractivity contribution is 14.0. The third kappa shape index (κ3) is 8.42. The van der Waals surface area contributed by atoms with Gasteiger partial charge >= 0.3 is 0 Å². The van der Waals surface area contributed by atoms with Gasteiger partial charge in [-0.15, -0.1) is 35.3 Å². The van der Waals surface area contributed by atoms with E-state index in [9.17, 15) is 4.39 Å². The maximum atomic E-state index is 12.9. The number of rotatable bonds is 8. The van der Waals surface area contributed by atoms with Gasteiger partial charge in [0.1, 0.15) is 17.7 Å². The molecule has 5 nitrogen and oxygen atoms in total. The van der Waals surface area contributed by atoms with Crippen LogP contribution >= 0.6 is 35.3 Å². The SMILES string of the molecule is CCNC(=NCC(C)Oc1ccc(F)cc1)NCCc1nc(C)c(C)s1.I. The molecule has 150 valence electrons. The number of aryl methyl sites for hydroxylation is 2. The zero-order valence-electron chi connectivity index (χ0n) is 16.2. The molecule has 2 aromatic rings. The summed E-state index contributed by atoms with van der Waals surface area (Å²) >= 11 is 1.74. The number of aliphatic imine (C=N–C) groups is 1. The lowest BCUT2D eigenvalue weighted by atomic mass is 10.3. The monoisotopic (exact) mass is 506 g/mol. The molecule has 1 atom stereocenters. The van der Waals surface area contributed by atoms with Gasteiger partial charge in [-0.3, -0.25) is 0 Å². The molecule has 0 radical (unpaired) electrons. The summed E-state index contributed by atoms with van der Waals surface area (Å²) < 4.78 is 18.7. The fraction of sp³-hybridized carbons (Fsp3) is 0.474. The van der Waals surface area contributed by atoms with Gasteiger partial charge in [0.05, 0.1) is 17.2 Å². The Kier molecular flexibility index (Phi) is 10.6. The fourth-order valence-corrected chi connectivity index (χ4v) is 3.21. The first-order chi connectivity index (χ1) is 12.5. The highest BCUT2D eigenvalue weighted by Gasteiger charge is 2.06. The van der Waals surface area contributed by atoms with Crippen LogP contribution in [-0.2, 0) is 6.42 Å². The summed E-state index contributed by atoms with van der Waals surface area (Å²) in [6.07, 6.45) is 0.756. The maximum absolute atomic E-state index is 12.9. The largest absolute Gasteiger partial charge is 0.489 e. The second-order valence-corrected chi connectivity index (χ2v) is 7.32. The van der Waals surface area contributed by atoms with Crippen LogP contribution in [0.1, 0.15) is 29.4 Å². The summed E-state index contributed by atoms with van der Waals surface area (Å²) in [5, 5.41) is 7.69. The molecule has 0 aliphatic heterocycles. The van der Waals surface area contributed by atoms with Crippen LogP contribution in [0.5, 0.6) is 5.75 Å². The molecule has 0 spiro atoms. The third-order valence-corrected chi connectivity index (χ3v) is 4.84. The van der Waals surface area contributed by atoms with Gasteiger partial charge < -0.3 is 15.4 Å². The van der Waals surface area contributed by atoms with Gasteiger partial charge in [-0.25, -0.2) is 14.4 Å². The van der Waals surface area contributed by atoms with Crippen molar-refractivity contribution in [3.8, 4) is 5.75 Å². The first-order valence-electron chi connectivity index (χ1n) is 8.85. The zero-order valence-corrected chi connectivity index (χ0v) is 19.4. The summed E-state index contributed by atoms with van der Waals surface area (Å²) in [4.78, 5) is 10.4. The molecule has 0 saturated carbocycles. The first kappa shape index (κ1) is 23.6. The van der Waals surface area contributed by atoms with Gasteiger partial charge in [0.25, 0.3) is 0 Å². The number of aromatic nitrogens is 1. The van der Waals surface area contributed by atoms with Gasteiger partial charge in [-0.1, -0.05) is 0 Å². The standard InChI is InChI=1S/C19H27FN4OS.HI/c1-5-21-19(22-11-10-18-24-14(3)15(4)26-18)23-12-13(2)25-17-8-6-16(20)7-9-17;/h6-9,13H,5,10-12H2,1-4H3,(H2,21,22,23);1H. The van der Waals surface area contributed by atoms with Crippen molar-refractivity contribution in [1.29, 1.82) is 0 Å². The first-order valence-corrected chi connectivity index (χ1v) is 9.67. The van der Waals surface area contributed by atoms with E-state index in [1.54, 1.807) is 23.5 Å². The van der Waals surface area contributed by atoms with E-state index >= 15 is 0 Å². The Hall–Kier alpha value is -1.42. The topological polar surface area (TPSA) is 58.5 Å². The summed E-state index contributed by atoms with van der Waals surface area (Å²) in [6, 6.07) is 6.02. The molecule has 0 bridgehead atoms. The predicted molar refractivity (Wildman–Crippen MR) is 121 cm³/mol. The Balaban J connectivity index is 0.00000364. The highest BCUT2D eigenvalue weighted by Crippen LogP contribution is 2.16. The Morgan fingerprint density at radius 3 is 2.56 bits per heavy atom. The van der Waals surface area contributed by atoms with Gasteiger partial charge in [-0.05, 0) is 52.0 Å². The summed E-state index contributed by atoms with van der Waals surface area (Å²) in [7, 11) is 0. The van der Waals surface area contributed by atoms with Crippen molar-refractivity contribution in [1.82, 2.24) is 15.6 Å². The zero-order chi connectivity index (χ0) is 18.9. The average Bonchev–Trinajstić information content (AvgIpc) is 2.92. The lowest BCUT2D eigenvalue weighted by molar-refractivity contribution is 0.230. The molecule has 0 aliphatic carbocycles. The highest BCUT2D eigenvalue weighted by atomic mass is 127. The molecule has 1 aromatic heterocycles. The number of thiazole rings is 1. The van der Waals surface area contributed by atoms with Crippen LogP contribution in [0.15, 0.2) is 29.3 Å². The molecule has 1 heterocycles. The van der Waals surface area contributed by atoms with Crippen molar-refractivity contribution in [3.05, 3.63) is 45.7 Å². The van der Waals surface area contributed by atoms with Crippen molar-refractivity contribution in [2.45, 2.75) is 40.2 Å². The van der Waals surface area contributed by atoms with Gasteiger partial charge in [-0.2, -0.15) is 0 Å². The van der Waals surface area contributed by atoms with Crippen molar-refractivity contribution in [2.75, 3.05) is 19.6 Å². The molecular weight excluding hydrogens is 478 g/mol. The van der Waals surface area contributed by atoms with Gasteiger partial charge in [0.15, 0.2) is 5.96 Å². The minimum absolute atomic E-state index is 0. The van der Waals surface area contributed by atoms with E-state index in [0.29, 0.717) is 12.3 Å². The molecule has 0 saturated heterocycles. The Morgan fingerprint density at radius 2 is 1.96 bits per heavy atom. The lowest BCUT2D eigenvalue weighted by Gasteiger charge is -2.15. The van der Waals surface area contributed by atoms with E-state index < -0.39 is 0 Å². The van der Waals surface area contributed by atoms with Crippen molar-refractivity contribution >= 4 is 41.3 Å². The number of benzene rings is 1. The van der Waals surface area contributed by atoms with E-state index in [-0.39, 0.29) is 35.9 Å². The Labute approximate surface area is 181 Å². The summed E-state index contributed by atoms with van der Waals surface area (Å²) in [5.41, 5.74) is 1.11.